The molecule has 0 saturated carbocycles. The normalized spacial score (nSPS) is 22.3. The lowest BCUT2D eigenvalue weighted by Gasteiger charge is -2.15. The molecule has 1 fully saturated rings. The monoisotopic (exact) mass is 329 g/mol. The second kappa shape index (κ2) is 5.90. The molecule has 120 valence electrons. The zero-order chi connectivity index (χ0) is 15.7. The van der Waals surface area contributed by atoms with Crippen molar-refractivity contribution in [2.45, 2.75) is 25.2 Å². The number of rotatable bonds is 5. The summed E-state index contributed by atoms with van der Waals surface area (Å²) in [5.74, 6) is 0.628. The molecule has 1 aliphatic rings. The van der Waals surface area contributed by atoms with Crippen LogP contribution in [0.1, 0.15) is 19.1 Å². The van der Waals surface area contributed by atoms with Crippen LogP contribution < -0.4 is 5.32 Å². The smallest absolute Gasteiger partial charge is 0.371 e. The van der Waals surface area contributed by atoms with Gasteiger partial charge >= 0.3 is 7.82 Å². The Balaban J connectivity index is 1.75. The third-order valence-electron chi connectivity index (χ3n) is 3.42. The molecule has 2 aromatic rings. The summed E-state index contributed by atoms with van der Waals surface area (Å²) in [5, 5.41) is 2.95. The first-order chi connectivity index (χ1) is 10.5. The summed E-state index contributed by atoms with van der Waals surface area (Å²) in [4.78, 5) is 30.0. The summed E-state index contributed by atoms with van der Waals surface area (Å²) in [6.07, 6.45) is 3.70. The molecule has 0 aliphatic carbocycles. The Hall–Kier alpha value is -1.58. The van der Waals surface area contributed by atoms with Gasteiger partial charge < -0.3 is 19.8 Å². The lowest BCUT2D eigenvalue weighted by Crippen LogP contribution is -2.16. The molecule has 3 heterocycles. The molecular weight excluding hydrogens is 313 g/mol. The molecule has 11 heteroatoms. The number of phosphoric acid groups is 1. The zero-order valence-electron chi connectivity index (χ0n) is 11.8. The van der Waals surface area contributed by atoms with Crippen molar-refractivity contribution in [3.8, 4) is 0 Å². The molecule has 3 N–H and O–H groups in total. The summed E-state index contributed by atoms with van der Waals surface area (Å²) >= 11 is 0. The summed E-state index contributed by atoms with van der Waals surface area (Å²) < 4.78 is 22.7. The van der Waals surface area contributed by atoms with Crippen LogP contribution in [0.4, 0.5) is 5.82 Å². The van der Waals surface area contributed by atoms with Crippen LogP contribution in [-0.2, 0) is 13.8 Å². The van der Waals surface area contributed by atoms with E-state index in [0.29, 0.717) is 29.8 Å². The quantitative estimate of drug-likeness (QED) is 0.676. The number of aromatic nitrogens is 4. The van der Waals surface area contributed by atoms with E-state index in [1.807, 2.05) is 0 Å². The number of hydrogen-bond donors (Lipinski definition) is 3. The van der Waals surface area contributed by atoms with Crippen molar-refractivity contribution in [1.29, 1.82) is 0 Å². The average Bonchev–Trinajstić information content (AvgIpc) is 3.10. The first-order valence-electron chi connectivity index (χ1n) is 6.69. The van der Waals surface area contributed by atoms with Gasteiger partial charge in [0, 0.05) is 7.05 Å². The van der Waals surface area contributed by atoms with Gasteiger partial charge in [0.05, 0.1) is 19.0 Å². The van der Waals surface area contributed by atoms with Crippen LogP contribution in [-0.4, -0.2) is 49.1 Å². The second-order valence-electron chi connectivity index (χ2n) is 4.87. The summed E-state index contributed by atoms with van der Waals surface area (Å²) in [5.41, 5.74) is 1.28. The molecule has 2 unspecified atom stereocenters. The Labute approximate surface area is 125 Å². The molecule has 0 bridgehead atoms. The van der Waals surface area contributed by atoms with Crippen LogP contribution in [0.5, 0.6) is 0 Å². The van der Waals surface area contributed by atoms with Gasteiger partial charge in [0.15, 0.2) is 11.5 Å². The van der Waals surface area contributed by atoms with E-state index in [1.165, 1.54) is 6.33 Å². The number of imidazole rings is 1. The van der Waals surface area contributed by atoms with E-state index in [4.69, 9.17) is 14.5 Å². The van der Waals surface area contributed by atoms with Crippen LogP contribution in [0, 0.1) is 0 Å². The van der Waals surface area contributed by atoms with Crippen LogP contribution in [0.2, 0.25) is 0 Å². The van der Waals surface area contributed by atoms with Gasteiger partial charge in [-0.15, -0.1) is 0 Å². The van der Waals surface area contributed by atoms with Crippen LogP contribution in [0.15, 0.2) is 12.7 Å². The maximum atomic E-state index is 10.7. The van der Waals surface area contributed by atoms with E-state index in [0.717, 1.165) is 0 Å². The fourth-order valence-electron chi connectivity index (χ4n) is 2.44. The van der Waals surface area contributed by atoms with Gasteiger partial charge in [0.1, 0.15) is 18.1 Å². The average molecular weight is 329 g/mol. The Morgan fingerprint density at radius 1 is 1.45 bits per heavy atom. The van der Waals surface area contributed by atoms with E-state index < -0.39 is 7.82 Å². The van der Waals surface area contributed by atoms with Gasteiger partial charge in [-0.25, -0.2) is 19.5 Å². The van der Waals surface area contributed by atoms with E-state index in [2.05, 4.69) is 24.8 Å². The Morgan fingerprint density at radius 2 is 2.27 bits per heavy atom. The Morgan fingerprint density at radius 3 is 3.00 bits per heavy atom. The summed E-state index contributed by atoms with van der Waals surface area (Å²) in [6, 6.07) is 0. The molecule has 2 atom stereocenters. The Kier molecular flexibility index (Phi) is 4.11. The van der Waals surface area contributed by atoms with E-state index in [1.54, 1.807) is 17.9 Å². The minimum absolute atomic E-state index is 0.149. The molecule has 1 saturated heterocycles. The molecule has 0 amide bonds. The number of nitrogens with zero attached hydrogens (tertiary/aromatic N) is 4. The van der Waals surface area contributed by atoms with E-state index in [-0.39, 0.29) is 18.9 Å². The minimum atomic E-state index is -4.48. The van der Waals surface area contributed by atoms with Crippen LogP contribution in [0.25, 0.3) is 11.2 Å². The maximum absolute atomic E-state index is 10.7. The van der Waals surface area contributed by atoms with Crippen molar-refractivity contribution in [2.75, 3.05) is 19.0 Å². The van der Waals surface area contributed by atoms with Gasteiger partial charge in [-0.1, -0.05) is 0 Å². The first-order valence-corrected chi connectivity index (χ1v) is 8.22. The van der Waals surface area contributed by atoms with Crippen LogP contribution >= 0.6 is 7.82 Å². The predicted molar refractivity (Wildman–Crippen MR) is 76.0 cm³/mol. The number of phosphoric ester groups is 1. The minimum Gasteiger partial charge on any atom is -0.371 e. The lowest BCUT2D eigenvalue weighted by atomic mass is 10.2. The van der Waals surface area contributed by atoms with Crippen molar-refractivity contribution < 1.29 is 23.6 Å². The third-order valence-corrected chi connectivity index (χ3v) is 3.90. The van der Waals surface area contributed by atoms with Crippen molar-refractivity contribution in [3.05, 3.63) is 12.7 Å². The highest BCUT2D eigenvalue weighted by atomic mass is 31.2. The predicted octanol–water partition coefficient (Wildman–Crippen LogP) is 0.655. The standard InChI is InChI=1S/C11H16N5O5P/c1-12-10-9-11(14-5-13-10)16(6-15-9)8-3-2-7(21-8)4-20-22(17,18)19/h5-8H,2-4H2,1H3,(H,12,13,14)(H2,17,18,19). The maximum Gasteiger partial charge on any atom is 0.469 e. The van der Waals surface area contributed by atoms with Crippen molar-refractivity contribution >= 4 is 24.8 Å². The van der Waals surface area contributed by atoms with Gasteiger partial charge in [-0.05, 0) is 12.8 Å². The number of anilines is 1. The van der Waals surface area contributed by atoms with Crippen molar-refractivity contribution in [2.24, 2.45) is 0 Å². The number of nitrogens with one attached hydrogen (secondary N) is 1. The number of fused-ring (bicyclic) bond motifs is 1. The topological polar surface area (TPSA) is 132 Å². The first kappa shape index (κ1) is 15.3. The molecule has 22 heavy (non-hydrogen) atoms. The highest BCUT2D eigenvalue weighted by Gasteiger charge is 2.30. The van der Waals surface area contributed by atoms with Gasteiger partial charge in [-0.3, -0.25) is 9.09 Å². The van der Waals surface area contributed by atoms with E-state index >= 15 is 0 Å². The highest BCUT2D eigenvalue weighted by Crippen LogP contribution is 2.38. The summed E-state index contributed by atoms with van der Waals surface area (Å²) in [7, 11) is -2.72. The fraction of sp³-hybridized carbons (Fsp3) is 0.545. The molecule has 0 radical (unpaired) electrons. The van der Waals surface area contributed by atoms with E-state index in [9.17, 15) is 4.57 Å². The fourth-order valence-corrected chi connectivity index (χ4v) is 2.80. The molecule has 2 aromatic heterocycles. The third kappa shape index (κ3) is 3.11. The number of ether oxygens (including phenoxy) is 1. The van der Waals surface area contributed by atoms with Crippen molar-refractivity contribution in [1.82, 2.24) is 19.5 Å². The Bertz CT molecular complexity index is 716. The molecule has 10 nitrogen and oxygen atoms in total. The highest BCUT2D eigenvalue weighted by molar-refractivity contribution is 7.46. The molecule has 1 aliphatic heterocycles. The summed E-state index contributed by atoms with van der Waals surface area (Å²) in [6.45, 7) is -0.149. The molecule has 3 rings (SSSR count). The molecule has 0 aromatic carbocycles. The number of hydrogen-bond acceptors (Lipinski definition) is 7. The largest absolute Gasteiger partial charge is 0.469 e. The van der Waals surface area contributed by atoms with Gasteiger partial charge in [0.25, 0.3) is 0 Å². The SMILES string of the molecule is CNc1ncnc2c1ncn2C1CCC(COP(=O)(O)O)O1. The van der Waals surface area contributed by atoms with Crippen molar-refractivity contribution in [3.63, 3.8) is 0 Å². The molecule has 0 spiro atoms. The van der Waals surface area contributed by atoms with Gasteiger partial charge in [-0.2, -0.15) is 0 Å². The second-order valence-corrected chi connectivity index (χ2v) is 6.11. The van der Waals surface area contributed by atoms with Gasteiger partial charge in [0.2, 0.25) is 0 Å². The van der Waals surface area contributed by atoms with Crippen LogP contribution in [0.3, 0.4) is 0 Å². The zero-order valence-corrected chi connectivity index (χ0v) is 12.7. The molecular formula is C11H16N5O5P. The lowest BCUT2D eigenvalue weighted by molar-refractivity contribution is -0.0205.